The summed E-state index contributed by atoms with van der Waals surface area (Å²) >= 11 is 18.3. The van der Waals surface area contributed by atoms with E-state index >= 15 is 0 Å². The standard InChI is InChI=1S/C20H13Cl2F3N2O2S2/c21-13-4-2-1-3-11(13)9-16-18(29)27(19(30)31-16)8-7-17(28)26-15-10-12(20(23,24)25)5-6-14(15)22/h1-6,9-10H,7-8H2,(H,26,28)/b16-9+. The first-order valence-electron chi connectivity index (χ1n) is 8.73. The van der Waals surface area contributed by atoms with Gasteiger partial charge in [0.05, 0.1) is 21.2 Å². The van der Waals surface area contributed by atoms with E-state index in [0.29, 0.717) is 15.5 Å². The second kappa shape index (κ2) is 9.60. The number of amides is 2. The number of carbonyl (C=O) groups excluding carboxylic acids is 2. The Labute approximate surface area is 195 Å². The highest BCUT2D eigenvalue weighted by atomic mass is 35.5. The summed E-state index contributed by atoms with van der Waals surface area (Å²) in [5.74, 6) is -0.981. The zero-order valence-corrected chi connectivity index (χ0v) is 18.6. The van der Waals surface area contributed by atoms with Crippen LogP contribution in [-0.2, 0) is 15.8 Å². The second-order valence-electron chi connectivity index (χ2n) is 6.35. The van der Waals surface area contributed by atoms with Crippen molar-refractivity contribution in [3.05, 3.63) is 68.5 Å². The summed E-state index contributed by atoms with van der Waals surface area (Å²) in [5, 5.41) is 2.79. The van der Waals surface area contributed by atoms with Crippen molar-refractivity contribution in [1.82, 2.24) is 4.90 Å². The van der Waals surface area contributed by atoms with Crippen molar-refractivity contribution in [2.24, 2.45) is 0 Å². The zero-order valence-electron chi connectivity index (χ0n) is 15.5. The second-order valence-corrected chi connectivity index (χ2v) is 8.84. The molecule has 1 saturated heterocycles. The molecule has 1 N–H and O–H groups in total. The summed E-state index contributed by atoms with van der Waals surface area (Å²) < 4.78 is 38.9. The van der Waals surface area contributed by atoms with Crippen molar-refractivity contribution in [2.45, 2.75) is 12.6 Å². The molecule has 0 saturated carbocycles. The van der Waals surface area contributed by atoms with Crippen LogP contribution in [0.3, 0.4) is 0 Å². The van der Waals surface area contributed by atoms with Crippen LogP contribution in [0.2, 0.25) is 10.0 Å². The van der Waals surface area contributed by atoms with Crippen molar-refractivity contribution < 1.29 is 22.8 Å². The molecule has 1 aliphatic heterocycles. The fraction of sp³-hybridized carbons (Fsp3) is 0.150. The molecule has 1 fully saturated rings. The maximum atomic E-state index is 12.9. The SMILES string of the molecule is O=C(CCN1C(=O)/C(=C\c2ccccc2Cl)SC1=S)Nc1cc(C(F)(F)F)ccc1Cl. The van der Waals surface area contributed by atoms with Crippen LogP contribution in [0.5, 0.6) is 0 Å². The number of carbonyl (C=O) groups is 2. The molecule has 1 aliphatic rings. The highest BCUT2D eigenvalue weighted by Gasteiger charge is 2.33. The van der Waals surface area contributed by atoms with Crippen molar-refractivity contribution in [1.29, 1.82) is 0 Å². The van der Waals surface area contributed by atoms with E-state index in [4.69, 9.17) is 35.4 Å². The number of thiocarbonyl (C=S) groups is 1. The molecule has 0 unspecified atom stereocenters. The number of hydrogen-bond donors (Lipinski definition) is 1. The molecule has 2 aromatic carbocycles. The molecule has 11 heteroatoms. The Hall–Kier alpha value is -2.07. The van der Waals surface area contributed by atoms with Gasteiger partial charge in [-0.1, -0.05) is 65.4 Å². The Bertz CT molecular complexity index is 1090. The molecule has 2 aromatic rings. The van der Waals surface area contributed by atoms with E-state index in [9.17, 15) is 22.8 Å². The van der Waals surface area contributed by atoms with Gasteiger partial charge >= 0.3 is 6.18 Å². The summed E-state index contributed by atoms with van der Waals surface area (Å²) in [5.41, 5.74) is -0.444. The minimum absolute atomic E-state index is 0.0327. The van der Waals surface area contributed by atoms with Gasteiger partial charge in [0.1, 0.15) is 4.32 Å². The van der Waals surface area contributed by atoms with E-state index in [0.717, 1.165) is 30.0 Å². The lowest BCUT2D eigenvalue weighted by Gasteiger charge is -2.15. The lowest BCUT2D eigenvalue weighted by atomic mass is 10.2. The van der Waals surface area contributed by atoms with Crippen LogP contribution in [0.25, 0.3) is 6.08 Å². The fourth-order valence-electron chi connectivity index (χ4n) is 2.65. The average molecular weight is 505 g/mol. The maximum Gasteiger partial charge on any atom is 0.416 e. The van der Waals surface area contributed by atoms with Gasteiger partial charge in [0.25, 0.3) is 5.91 Å². The highest BCUT2D eigenvalue weighted by molar-refractivity contribution is 8.26. The number of benzene rings is 2. The van der Waals surface area contributed by atoms with Crippen LogP contribution in [-0.4, -0.2) is 27.6 Å². The lowest BCUT2D eigenvalue weighted by Crippen LogP contribution is -2.31. The quantitative estimate of drug-likeness (QED) is 0.386. The molecule has 0 aliphatic carbocycles. The highest BCUT2D eigenvalue weighted by Crippen LogP contribution is 2.35. The van der Waals surface area contributed by atoms with Crippen LogP contribution >= 0.6 is 47.2 Å². The number of rotatable bonds is 5. The molecular weight excluding hydrogens is 492 g/mol. The van der Waals surface area contributed by atoms with E-state index in [1.54, 1.807) is 30.3 Å². The average Bonchev–Trinajstić information content (AvgIpc) is 2.95. The molecule has 1 heterocycles. The molecule has 0 atom stereocenters. The predicted molar refractivity (Wildman–Crippen MR) is 121 cm³/mol. The first-order valence-corrected chi connectivity index (χ1v) is 10.7. The largest absolute Gasteiger partial charge is 0.416 e. The Morgan fingerprint density at radius 2 is 1.87 bits per heavy atom. The van der Waals surface area contributed by atoms with Gasteiger partial charge in [-0.15, -0.1) is 0 Å². The smallest absolute Gasteiger partial charge is 0.325 e. The van der Waals surface area contributed by atoms with Gasteiger partial charge in [0, 0.05) is 18.0 Å². The van der Waals surface area contributed by atoms with E-state index in [-0.39, 0.29) is 33.9 Å². The summed E-state index contributed by atoms with van der Waals surface area (Å²) in [7, 11) is 0. The molecular formula is C20H13Cl2F3N2O2S2. The molecule has 162 valence electrons. The van der Waals surface area contributed by atoms with Crippen molar-refractivity contribution in [2.75, 3.05) is 11.9 Å². The zero-order chi connectivity index (χ0) is 22.8. The van der Waals surface area contributed by atoms with Crippen LogP contribution in [0.4, 0.5) is 18.9 Å². The Morgan fingerprint density at radius 3 is 2.55 bits per heavy atom. The topological polar surface area (TPSA) is 49.4 Å². The Balaban J connectivity index is 1.65. The molecule has 0 radical (unpaired) electrons. The van der Waals surface area contributed by atoms with Gasteiger partial charge in [0.15, 0.2) is 0 Å². The van der Waals surface area contributed by atoms with Crippen molar-refractivity contribution in [3.8, 4) is 0 Å². The fourth-order valence-corrected chi connectivity index (χ4v) is 4.30. The number of halogens is 5. The van der Waals surface area contributed by atoms with Gasteiger partial charge < -0.3 is 5.32 Å². The van der Waals surface area contributed by atoms with E-state index in [2.05, 4.69) is 5.32 Å². The predicted octanol–water partition coefficient (Wildman–Crippen LogP) is 6.24. The van der Waals surface area contributed by atoms with Crippen LogP contribution in [0.15, 0.2) is 47.4 Å². The third-order valence-corrected chi connectivity index (χ3v) is 6.25. The number of nitrogens with one attached hydrogen (secondary N) is 1. The van der Waals surface area contributed by atoms with Crippen molar-refractivity contribution >= 4 is 75.1 Å². The normalized spacial score (nSPS) is 15.6. The number of thioether (sulfide) groups is 1. The monoisotopic (exact) mass is 504 g/mol. The molecule has 31 heavy (non-hydrogen) atoms. The van der Waals surface area contributed by atoms with Gasteiger partial charge in [-0.25, -0.2) is 0 Å². The lowest BCUT2D eigenvalue weighted by molar-refractivity contribution is -0.137. The number of hydrogen-bond acceptors (Lipinski definition) is 4. The molecule has 2 amide bonds. The van der Waals surface area contributed by atoms with Crippen LogP contribution in [0.1, 0.15) is 17.5 Å². The summed E-state index contributed by atoms with van der Waals surface area (Å²) in [6, 6.07) is 9.62. The van der Waals surface area contributed by atoms with Gasteiger partial charge in [0.2, 0.25) is 5.91 Å². The summed E-state index contributed by atoms with van der Waals surface area (Å²) in [4.78, 5) is 26.5. The van der Waals surface area contributed by atoms with E-state index in [1.807, 2.05) is 0 Å². The third-order valence-electron chi connectivity index (χ3n) is 4.20. The number of nitrogens with zero attached hydrogens (tertiary/aromatic N) is 1. The first kappa shape index (κ1) is 23.6. The maximum absolute atomic E-state index is 12.9. The van der Waals surface area contributed by atoms with E-state index < -0.39 is 17.6 Å². The molecule has 0 spiro atoms. The summed E-state index contributed by atoms with van der Waals surface area (Å²) in [6.07, 6.45) is -3.14. The molecule has 3 rings (SSSR count). The minimum Gasteiger partial charge on any atom is -0.325 e. The molecule has 4 nitrogen and oxygen atoms in total. The Morgan fingerprint density at radius 1 is 1.16 bits per heavy atom. The van der Waals surface area contributed by atoms with Gasteiger partial charge in [-0.3, -0.25) is 14.5 Å². The van der Waals surface area contributed by atoms with Crippen LogP contribution in [0, 0.1) is 0 Å². The Kier molecular flexibility index (Phi) is 7.31. The third kappa shape index (κ3) is 5.79. The number of alkyl halides is 3. The number of anilines is 1. The van der Waals surface area contributed by atoms with Crippen molar-refractivity contribution in [3.63, 3.8) is 0 Å². The minimum atomic E-state index is -4.57. The molecule has 0 aromatic heterocycles. The van der Waals surface area contributed by atoms with Gasteiger partial charge in [-0.2, -0.15) is 13.2 Å². The van der Waals surface area contributed by atoms with E-state index in [1.165, 1.54) is 4.90 Å². The first-order chi connectivity index (χ1) is 14.6. The molecule has 0 bridgehead atoms. The van der Waals surface area contributed by atoms with Gasteiger partial charge in [-0.05, 0) is 35.9 Å². The van der Waals surface area contributed by atoms with Crippen LogP contribution < -0.4 is 5.32 Å². The summed E-state index contributed by atoms with van der Waals surface area (Å²) in [6.45, 7) is -0.0348.